The van der Waals surface area contributed by atoms with Crippen LogP contribution in [0, 0.1) is 6.92 Å². The first kappa shape index (κ1) is 14.5. The molecule has 2 heterocycles. The number of piperazine rings is 1. The highest BCUT2D eigenvalue weighted by molar-refractivity contribution is 5.95. The van der Waals surface area contributed by atoms with Crippen LogP contribution in [0.1, 0.15) is 22.5 Å². The van der Waals surface area contributed by atoms with Gasteiger partial charge in [0.25, 0.3) is 5.91 Å². The van der Waals surface area contributed by atoms with Gasteiger partial charge in [-0.2, -0.15) is 0 Å². The van der Waals surface area contributed by atoms with Gasteiger partial charge in [0, 0.05) is 44.6 Å². The molecule has 1 aromatic heterocycles. The molecule has 2 rings (SSSR count). The van der Waals surface area contributed by atoms with E-state index in [0.29, 0.717) is 25.2 Å². The summed E-state index contributed by atoms with van der Waals surface area (Å²) < 4.78 is 0. The highest BCUT2D eigenvalue weighted by Gasteiger charge is 2.23. The van der Waals surface area contributed by atoms with Crippen LogP contribution in [-0.2, 0) is 4.79 Å². The van der Waals surface area contributed by atoms with Crippen molar-refractivity contribution in [2.24, 2.45) is 0 Å². The lowest BCUT2D eigenvalue weighted by Gasteiger charge is -2.34. The van der Waals surface area contributed by atoms with E-state index in [1.165, 1.54) is 0 Å². The van der Waals surface area contributed by atoms with Gasteiger partial charge in [-0.15, -0.1) is 0 Å². The molecule has 0 aliphatic carbocycles. The molecule has 1 saturated heterocycles. The molecule has 1 fully saturated rings. The summed E-state index contributed by atoms with van der Waals surface area (Å²) in [5, 5.41) is 8.67. The van der Waals surface area contributed by atoms with E-state index in [2.05, 4.69) is 9.88 Å². The number of aromatic nitrogens is 1. The van der Waals surface area contributed by atoms with Crippen molar-refractivity contribution in [1.29, 1.82) is 0 Å². The van der Waals surface area contributed by atoms with Gasteiger partial charge in [0.05, 0.1) is 12.0 Å². The molecule has 20 heavy (non-hydrogen) atoms. The molecule has 0 aromatic carbocycles. The predicted octanol–water partition coefficient (Wildman–Crippen LogP) is 0.623. The number of pyridine rings is 1. The third kappa shape index (κ3) is 3.54. The van der Waals surface area contributed by atoms with E-state index in [9.17, 15) is 9.59 Å². The first-order valence-corrected chi connectivity index (χ1v) is 6.73. The lowest BCUT2D eigenvalue weighted by atomic mass is 10.1. The van der Waals surface area contributed by atoms with Crippen molar-refractivity contribution in [3.05, 3.63) is 29.6 Å². The SMILES string of the molecule is Cc1ncccc1C(=O)N1CCN(CCC(=O)O)CC1. The van der Waals surface area contributed by atoms with Crippen molar-refractivity contribution in [1.82, 2.24) is 14.8 Å². The molecule has 1 aliphatic heterocycles. The van der Waals surface area contributed by atoms with E-state index in [1.807, 2.05) is 6.92 Å². The van der Waals surface area contributed by atoms with E-state index in [1.54, 1.807) is 23.2 Å². The number of nitrogens with zero attached hydrogens (tertiary/aromatic N) is 3. The fourth-order valence-electron chi connectivity index (χ4n) is 2.31. The molecule has 6 heteroatoms. The van der Waals surface area contributed by atoms with Crippen LogP contribution in [0.4, 0.5) is 0 Å². The van der Waals surface area contributed by atoms with E-state index < -0.39 is 5.97 Å². The van der Waals surface area contributed by atoms with Gasteiger partial charge in [-0.3, -0.25) is 19.5 Å². The number of amides is 1. The Balaban J connectivity index is 1.89. The lowest BCUT2D eigenvalue weighted by molar-refractivity contribution is -0.137. The Morgan fingerprint density at radius 3 is 2.60 bits per heavy atom. The number of aryl methyl sites for hydroxylation is 1. The van der Waals surface area contributed by atoms with E-state index >= 15 is 0 Å². The smallest absolute Gasteiger partial charge is 0.304 e. The monoisotopic (exact) mass is 277 g/mol. The first-order valence-electron chi connectivity index (χ1n) is 6.73. The molecule has 0 spiro atoms. The Kier molecular flexibility index (Phi) is 4.68. The summed E-state index contributed by atoms with van der Waals surface area (Å²) in [5.74, 6) is -0.775. The lowest BCUT2D eigenvalue weighted by Crippen LogP contribution is -2.49. The molecule has 108 valence electrons. The fraction of sp³-hybridized carbons (Fsp3) is 0.500. The molecule has 1 aromatic rings. The summed E-state index contributed by atoms with van der Waals surface area (Å²) in [6.45, 7) is 5.08. The number of rotatable bonds is 4. The van der Waals surface area contributed by atoms with Crippen molar-refractivity contribution in [2.45, 2.75) is 13.3 Å². The summed E-state index contributed by atoms with van der Waals surface area (Å²) in [5.41, 5.74) is 1.39. The van der Waals surface area contributed by atoms with Crippen LogP contribution in [-0.4, -0.2) is 64.5 Å². The minimum absolute atomic E-state index is 0.00786. The Labute approximate surface area is 118 Å². The van der Waals surface area contributed by atoms with Gasteiger partial charge in [0.2, 0.25) is 0 Å². The maximum absolute atomic E-state index is 12.4. The van der Waals surface area contributed by atoms with Crippen LogP contribution in [0.15, 0.2) is 18.3 Å². The molecule has 0 atom stereocenters. The van der Waals surface area contributed by atoms with Gasteiger partial charge in [-0.25, -0.2) is 0 Å². The highest BCUT2D eigenvalue weighted by atomic mass is 16.4. The quantitative estimate of drug-likeness (QED) is 0.873. The number of carbonyl (C=O) groups is 2. The van der Waals surface area contributed by atoms with Crippen molar-refractivity contribution in [3.63, 3.8) is 0 Å². The molecule has 6 nitrogen and oxygen atoms in total. The number of carboxylic acid groups (broad SMARTS) is 1. The summed E-state index contributed by atoms with van der Waals surface area (Å²) in [4.78, 5) is 30.9. The van der Waals surface area contributed by atoms with Crippen LogP contribution in [0.5, 0.6) is 0 Å². The Bertz CT molecular complexity index is 496. The number of carboxylic acids is 1. The molecule has 0 saturated carbocycles. The standard InChI is InChI=1S/C14H19N3O3/c1-11-12(3-2-5-15-11)14(20)17-9-7-16(8-10-17)6-4-13(18)19/h2-3,5H,4,6-10H2,1H3,(H,18,19). The number of hydrogen-bond acceptors (Lipinski definition) is 4. The largest absolute Gasteiger partial charge is 0.481 e. The van der Waals surface area contributed by atoms with Crippen molar-refractivity contribution < 1.29 is 14.7 Å². The maximum atomic E-state index is 12.4. The number of hydrogen-bond donors (Lipinski definition) is 1. The number of carbonyl (C=O) groups excluding carboxylic acids is 1. The molecular weight excluding hydrogens is 258 g/mol. The van der Waals surface area contributed by atoms with E-state index in [-0.39, 0.29) is 12.3 Å². The van der Waals surface area contributed by atoms with Crippen molar-refractivity contribution in [2.75, 3.05) is 32.7 Å². The van der Waals surface area contributed by atoms with E-state index in [0.717, 1.165) is 18.8 Å². The third-order valence-corrected chi connectivity index (χ3v) is 3.54. The molecular formula is C14H19N3O3. The maximum Gasteiger partial charge on any atom is 0.304 e. The van der Waals surface area contributed by atoms with Gasteiger partial charge in [-0.05, 0) is 19.1 Å². The van der Waals surface area contributed by atoms with Crippen LogP contribution in [0.25, 0.3) is 0 Å². The Morgan fingerprint density at radius 2 is 2.00 bits per heavy atom. The predicted molar refractivity (Wildman–Crippen MR) is 73.6 cm³/mol. The first-order chi connectivity index (χ1) is 9.58. The van der Waals surface area contributed by atoms with Gasteiger partial charge < -0.3 is 10.0 Å². The normalized spacial score (nSPS) is 16.1. The molecule has 1 amide bonds. The topological polar surface area (TPSA) is 73.7 Å². The number of aliphatic carboxylic acids is 1. The molecule has 1 aliphatic rings. The van der Waals surface area contributed by atoms with Crippen LogP contribution in [0.3, 0.4) is 0 Å². The zero-order valence-corrected chi connectivity index (χ0v) is 11.6. The fourth-order valence-corrected chi connectivity index (χ4v) is 2.31. The van der Waals surface area contributed by atoms with Gasteiger partial charge >= 0.3 is 5.97 Å². The minimum Gasteiger partial charge on any atom is -0.481 e. The van der Waals surface area contributed by atoms with Crippen LogP contribution >= 0.6 is 0 Å². The van der Waals surface area contributed by atoms with Gasteiger partial charge in [-0.1, -0.05) is 0 Å². The second-order valence-electron chi connectivity index (χ2n) is 4.91. The highest BCUT2D eigenvalue weighted by Crippen LogP contribution is 2.11. The summed E-state index contributed by atoms with van der Waals surface area (Å²) in [6.07, 6.45) is 1.83. The third-order valence-electron chi connectivity index (χ3n) is 3.54. The van der Waals surface area contributed by atoms with Crippen molar-refractivity contribution in [3.8, 4) is 0 Å². The Morgan fingerprint density at radius 1 is 1.30 bits per heavy atom. The van der Waals surface area contributed by atoms with Gasteiger partial charge in [0.1, 0.15) is 0 Å². The molecule has 1 N–H and O–H groups in total. The molecule has 0 radical (unpaired) electrons. The van der Waals surface area contributed by atoms with Gasteiger partial charge in [0.15, 0.2) is 0 Å². The average Bonchev–Trinajstić information content (AvgIpc) is 2.45. The minimum atomic E-state index is -0.783. The summed E-state index contributed by atoms with van der Waals surface area (Å²) >= 11 is 0. The second-order valence-corrected chi connectivity index (χ2v) is 4.91. The zero-order valence-electron chi connectivity index (χ0n) is 11.6. The Hall–Kier alpha value is -1.95. The summed E-state index contributed by atoms with van der Waals surface area (Å²) in [6, 6.07) is 3.56. The van der Waals surface area contributed by atoms with Crippen molar-refractivity contribution >= 4 is 11.9 Å². The second kappa shape index (κ2) is 6.47. The van der Waals surface area contributed by atoms with Crippen LogP contribution in [0.2, 0.25) is 0 Å². The molecule has 0 unspecified atom stereocenters. The summed E-state index contributed by atoms with van der Waals surface area (Å²) in [7, 11) is 0. The van der Waals surface area contributed by atoms with Crippen LogP contribution < -0.4 is 0 Å². The molecule has 0 bridgehead atoms. The van der Waals surface area contributed by atoms with E-state index in [4.69, 9.17) is 5.11 Å². The average molecular weight is 277 g/mol. The zero-order chi connectivity index (χ0) is 14.5.